The minimum absolute atomic E-state index is 0.0156. The van der Waals surface area contributed by atoms with Crippen LogP contribution in [0, 0.1) is 0 Å². The van der Waals surface area contributed by atoms with Crippen LogP contribution in [0.25, 0.3) is 0 Å². The van der Waals surface area contributed by atoms with Crippen LogP contribution in [0.4, 0.5) is 5.82 Å². The lowest BCUT2D eigenvalue weighted by Gasteiger charge is -2.15. The summed E-state index contributed by atoms with van der Waals surface area (Å²) in [6, 6.07) is 8.64. The Morgan fingerprint density at radius 3 is 2.75 bits per heavy atom. The molecule has 0 unspecified atom stereocenters. The lowest BCUT2D eigenvalue weighted by molar-refractivity contribution is -0.113. The van der Waals surface area contributed by atoms with E-state index in [4.69, 9.17) is 0 Å². The first kappa shape index (κ1) is 13.2. The number of H-pyrrole nitrogens is 1. The van der Waals surface area contributed by atoms with E-state index in [-0.39, 0.29) is 11.2 Å². The Hall–Kier alpha value is -1.75. The van der Waals surface area contributed by atoms with Crippen molar-refractivity contribution in [2.45, 2.75) is 25.0 Å². The van der Waals surface area contributed by atoms with Crippen molar-refractivity contribution >= 4 is 23.5 Å². The van der Waals surface area contributed by atoms with Crippen LogP contribution in [0.15, 0.2) is 30.5 Å². The highest BCUT2D eigenvalue weighted by Gasteiger charge is 2.25. The number of hydrogen-bond acceptors (Lipinski definition) is 3. The number of fused-ring (bicyclic) bond motifs is 1. The van der Waals surface area contributed by atoms with E-state index in [1.54, 1.807) is 18.0 Å². The summed E-state index contributed by atoms with van der Waals surface area (Å²) in [6.07, 6.45) is 1.80. The van der Waals surface area contributed by atoms with Crippen molar-refractivity contribution in [1.82, 2.24) is 10.2 Å². The third-order valence-electron chi connectivity index (χ3n) is 3.50. The number of nitrogens with zero attached hydrogens (tertiary/aromatic N) is 1. The largest absolute Gasteiger partial charge is 0.310 e. The van der Waals surface area contributed by atoms with Crippen LogP contribution >= 0.6 is 11.8 Å². The molecule has 0 aliphatic carbocycles. The smallest absolute Gasteiger partial charge is 0.235 e. The molecule has 0 spiro atoms. The van der Waals surface area contributed by atoms with E-state index in [0.29, 0.717) is 11.7 Å². The van der Waals surface area contributed by atoms with Gasteiger partial charge >= 0.3 is 0 Å². The number of anilines is 1. The minimum Gasteiger partial charge on any atom is -0.310 e. The fourth-order valence-electron chi connectivity index (χ4n) is 2.35. The zero-order valence-electron chi connectivity index (χ0n) is 11.5. The summed E-state index contributed by atoms with van der Waals surface area (Å²) < 4.78 is 0. The van der Waals surface area contributed by atoms with E-state index in [9.17, 15) is 4.79 Å². The third-order valence-corrected chi connectivity index (χ3v) is 4.79. The summed E-state index contributed by atoms with van der Waals surface area (Å²) in [4.78, 5) is 11.7. The molecule has 0 radical (unpaired) electrons. The lowest BCUT2D eigenvalue weighted by Crippen LogP contribution is -2.12. The molecule has 4 nitrogen and oxygen atoms in total. The van der Waals surface area contributed by atoms with E-state index in [0.717, 1.165) is 11.4 Å². The van der Waals surface area contributed by atoms with Gasteiger partial charge in [0.15, 0.2) is 0 Å². The molecule has 1 aliphatic heterocycles. The number of rotatable bonds is 2. The second kappa shape index (κ2) is 5.32. The van der Waals surface area contributed by atoms with Gasteiger partial charge in [-0.15, -0.1) is 11.8 Å². The second-order valence-electron chi connectivity index (χ2n) is 5.26. The number of hydrogen-bond donors (Lipinski definition) is 2. The van der Waals surface area contributed by atoms with Gasteiger partial charge in [0.05, 0.1) is 17.2 Å². The predicted molar refractivity (Wildman–Crippen MR) is 82.0 cm³/mol. The fourth-order valence-corrected chi connectivity index (χ4v) is 3.45. The molecule has 0 bridgehead atoms. The molecule has 1 aromatic heterocycles. The van der Waals surface area contributed by atoms with Crippen LogP contribution in [0.3, 0.4) is 0 Å². The first-order chi connectivity index (χ1) is 9.65. The maximum Gasteiger partial charge on any atom is 0.235 e. The van der Waals surface area contributed by atoms with Crippen LogP contribution in [0.5, 0.6) is 0 Å². The fraction of sp³-hybridized carbons (Fsp3) is 0.333. The van der Waals surface area contributed by atoms with Gasteiger partial charge in [0.25, 0.3) is 0 Å². The van der Waals surface area contributed by atoms with Gasteiger partial charge in [-0.3, -0.25) is 9.89 Å². The number of benzene rings is 1. The maximum atomic E-state index is 11.7. The average molecular weight is 287 g/mol. The Morgan fingerprint density at radius 1 is 1.30 bits per heavy atom. The van der Waals surface area contributed by atoms with Gasteiger partial charge in [-0.05, 0) is 17.0 Å². The number of nitrogens with one attached hydrogen (secondary N) is 2. The normalized spacial score (nSPS) is 18.6. The average Bonchev–Trinajstić information content (AvgIpc) is 2.81. The Labute approximate surface area is 122 Å². The molecule has 20 heavy (non-hydrogen) atoms. The molecule has 1 amide bonds. The standard InChI is InChI=1S/C15H17N3OS/c1-9(2)10-3-5-11(6-4-10)14-12-7-16-18-15(12)17-13(19)8-20-14/h3-7,9,14H,8H2,1-2H3,(H2,16,17,18,19)/t14-/m0/s1. The van der Waals surface area contributed by atoms with Gasteiger partial charge < -0.3 is 5.32 Å². The van der Waals surface area contributed by atoms with Gasteiger partial charge in [0.1, 0.15) is 5.82 Å². The summed E-state index contributed by atoms with van der Waals surface area (Å²) in [5.74, 6) is 1.72. The molecule has 2 N–H and O–H groups in total. The first-order valence-corrected chi connectivity index (χ1v) is 7.74. The van der Waals surface area contributed by atoms with Crippen LogP contribution in [0.1, 0.15) is 41.7 Å². The molecule has 0 saturated heterocycles. The monoisotopic (exact) mass is 287 g/mol. The number of aromatic nitrogens is 2. The van der Waals surface area contributed by atoms with Crippen molar-refractivity contribution in [3.63, 3.8) is 0 Å². The zero-order chi connectivity index (χ0) is 14.1. The molecule has 1 aromatic carbocycles. The Balaban J connectivity index is 1.96. The molecule has 3 rings (SSSR count). The number of aromatic amines is 1. The van der Waals surface area contributed by atoms with E-state index >= 15 is 0 Å². The Morgan fingerprint density at radius 2 is 2.05 bits per heavy atom. The minimum atomic E-state index is 0.0156. The SMILES string of the molecule is CC(C)c1ccc([C@@H]2SCC(=O)Nc3[nH]ncc32)cc1. The third kappa shape index (κ3) is 2.45. The molecule has 104 valence electrons. The quantitative estimate of drug-likeness (QED) is 0.891. The first-order valence-electron chi connectivity index (χ1n) is 6.69. The molecular weight excluding hydrogens is 270 g/mol. The molecule has 2 heterocycles. The Bertz CT molecular complexity index is 618. The van der Waals surface area contributed by atoms with Crippen LogP contribution in [-0.4, -0.2) is 21.9 Å². The van der Waals surface area contributed by atoms with Gasteiger partial charge in [0, 0.05) is 5.56 Å². The molecule has 1 atom stereocenters. The highest BCUT2D eigenvalue weighted by molar-refractivity contribution is 8.00. The van der Waals surface area contributed by atoms with Crippen LogP contribution in [0.2, 0.25) is 0 Å². The van der Waals surface area contributed by atoms with E-state index in [1.165, 1.54) is 11.1 Å². The molecule has 2 aromatic rings. The van der Waals surface area contributed by atoms with Gasteiger partial charge in [0.2, 0.25) is 5.91 Å². The number of carbonyl (C=O) groups is 1. The van der Waals surface area contributed by atoms with Gasteiger partial charge in [-0.1, -0.05) is 38.1 Å². The topological polar surface area (TPSA) is 57.8 Å². The lowest BCUT2D eigenvalue weighted by atomic mass is 9.99. The number of carbonyl (C=O) groups excluding carboxylic acids is 1. The van der Waals surface area contributed by atoms with Crippen LogP contribution in [-0.2, 0) is 4.79 Å². The molecule has 0 fully saturated rings. The Kier molecular flexibility index (Phi) is 3.53. The van der Waals surface area contributed by atoms with Crippen molar-refractivity contribution in [3.8, 4) is 0 Å². The molecule has 0 saturated carbocycles. The van der Waals surface area contributed by atoms with Crippen molar-refractivity contribution in [2.75, 3.05) is 11.1 Å². The molecular formula is C15H17N3OS. The van der Waals surface area contributed by atoms with E-state index < -0.39 is 0 Å². The van der Waals surface area contributed by atoms with Crippen molar-refractivity contribution in [3.05, 3.63) is 47.2 Å². The van der Waals surface area contributed by atoms with Crippen LogP contribution < -0.4 is 5.32 Å². The van der Waals surface area contributed by atoms with Gasteiger partial charge in [-0.25, -0.2) is 0 Å². The molecule has 5 heteroatoms. The summed E-state index contributed by atoms with van der Waals surface area (Å²) >= 11 is 1.63. The number of thioether (sulfide) groups is 1. The summed E-state index contributed by atoms with van der Waals surface area (Å²) in [7, 11) is 0. The maximum absolute atomic E-state index is 11.7. The highest BCUT2D eigenvalue weighted by Crippen LogP contribution is 2.40. The molecule has 1 aliphatic rings. The predicted octanol–water partition coefficient (Wildman–Crippen LogP) is 3.31. The summed E-state index contributed by atoms with van der Waals surface area (Å²) in [6.45, 7) is 4.37. The van der Waals surface area contributed by atoms with Crippen molar-refractivity contribution in [2.24, 2.45) is 0 Å². The highest BCUT2D eigenvalue weighted by atomic mass is 32.2. The van der Waals surface area contributed by atoms with Gasteiger partial charge in [-0.2, -0.15) is 5.10 Å². The zero-order valence-corrected chi connectivity index (χ0v) is 12.3. The van der Waals surface area contributed by atoms with Crippen molar-refractivity contribution < 1.29 is 4.79 Å². The van der Waals surface area contributed by atoms with E-state index in [1.807, 2.05) is 0 Å². The van der Waals surface area contributed by atoms with E-state index in [2.05, 4.69) is 53.6 Å². The summed E-state index contributed by atoms with van der Waals surface area (Å²) in [5.41, 5.74) is 3.57. The summed E-state index contributed by atoms with van der Waals surface area (Å²) in [5, 5.41) is 9.91. The second-order valence-corrected chi connectivity index (χ2v) is 6.35. The number of amides is 1. The van der Waals surface area contributed by atoms with Crippen molar-refractivity contribution in [1.29, 1.82) is 0 Å².